The second-order valence-corrected chi connectivity index (χ2v) is 7.62. The molecule has 0 aliphatic heterocycles. The minimum absolute atomic E-state index is 0.0994. The van der Waals surface area contributed by atoms with Crippen LogP contribution in [0.4, 0.5) is 13.2 Å². The first-order chi connectivity index (χ1) is 14.9. The van der Waals surface area contributed by atoms with Gasteiger partial charge >= 0.3 is 6.18 Å². The Hall–Kier alpha value is -3.33. The van der Waals surface area contributed by atoms with Crippen molar-refractivity contribution in [2.45, 2.75) is 23.7 Å². The molecule has 0 spiro atoms. The highest BCUT2D eigenvalue weighted by molar-refractivity contribution is 7.98. The topological polar surface area (TPSA) is 60.9 Å². The summed E-state index contributed by atoms with van der Waals surface area (Å²) in [5, 5.41) is 8.12. The molecular formula is C22H16F3N3O2S. The van der Waals surface area contributed by atoms with Crippen LogP contribution in [-0.2, 0) is 18.5 Å². The van der Waals surface area contributed by atoms with Gasteiger partial charge in [-0.2, -0.15) is 13.2 Å². The Kier molecular flexibility index (Phi) is 5.94. The van der Waals surface area contributed by atoms with Gasteiger partial charge in [0.1, 0.15) is 5.56 Å². The predicted molar refractivity (Wildman–Crippen MR) is 111 cm³/mol. The van der Waals surface area contributed by atoms with Crippen LogP contribution >= 0.6 is 11.8 Å². The van der Waals surface area contributed by atoms with Gasteiger partial charge in [-0.3, -0.25) is 4.79 Å². The van der Waals surface area contributed by atoms with E-state index in [1.165, 1.54) is 23.9 Å². The Bertz CT molecular complexity index is 1220. The Labute approximate surface area is 179 Å². The summed E-state index contributed by atoms with van der Waals surface area (Å²) in [6.45, 7) is 0.414. The lowest BCUT2D eigenvalue weighted by Crippen LogP contribution is -2.21. The van der Waals surface area contributed by atoms with E-state index in [-0.39, 0.29) is 22.2 Å². The zero-order valence-electron chi connectivity index (χ0n) is 16.0. The molecule has 0 unspecified atom stereocenters. The summed E-state index contributed by atoms with van der Waals surface area (Å²) >= 11 is 1.18. The van der Waals surface area contributed by atoms with Crippen LogP contribution in [0.15, 0.2) is 87.4 Å². The van der Waals surface area contributed by atoms with Crippen LogP contribution in [-0.4, -0.2) is 14.8 Å². The van der Waals surface area contributed by atoms with E-state index in [1.807, 2.05) is 30.3 Å². The fourth-order valence-electron chi connectivity index (χ4n) is 2.92. The summed E-state index contributed by atoms with van der Waals surface area (Å²) in [5.74, 6) is 0.453. The van der Waals surface area contributed by atoms with Crippen molar-refractivity contribution in [2.24, 2.45) is 0 Å². The SMILES string of the molecule is O=c1c(-c2nnc(SCc3ccc(C(F)(F)F)cc3)o2)cccn1Cc1ccccc1. The van der Waals surface area contributed by atoms with Gasteiger partial charge in [0.25, 0.3) is 16.7 Å². The van der Waals surface area contributed by atoms with Crippen LogP contribution in [0.2, 0.25) is 0 Å². The zero-order chi connectivity index (χ0) is 21.8. The Morgan fingerprint density at radius 1 is 0.903 bits per heavy atom. The first kappa shape index (κ1) is 20.9. The molecule has 0 aliphatic carbocycles. The number of benzene rings is 2. The van der Waals surface area contributed by atoms with Crippen molar-refractivity contribution >= 4 is 11.8 Å². The molecule has 0 radical (unpaired) electrons. The first-order valence-corrected chi connectivity index (χ1v) is 10.2. The number of halogens is 3. The molecule has 31 heavy (non-hydrogen) atoms. The first-order valence-electron chi connectivity index (χ1n) is 9.26. The molecule has 0 saturated heterocycles. The summed E-state index contributed by atoms with van der Waals surface area (Å²) in [6.07, 6.45) is -2.67. The third-order valence-electron chi connectivity index (χ3n) is 4.50. The van der Waals surface area contributed by atoms with Crippen LogP contribution in [0, 0.1) is 0 Å². The van der Waals surface area contributed by atoms with Crippen LogP contribution < -0.4 is 5.56 Å². The maximum Gasteiger partial charge on any atom is 0.416 e. The second-order valence-electron chi connectivity index (χ2n) is 6.70. The number of thioether (sulfide) groups is 1. The van der Waals surface area contributed by atoms with Crippen molar-refractivity contribution in [3.63, 3.8) is 0 Å². The van der Waals surface area contributed by atoms with Gasteiger partial charge in [-0.15, -0.1) is 10.2 Å². The molecule has 5 nitrogen and oxygen atoms in total. The molecule has 4 aromatic rings. The normalized spacial score (nSPS) is 11.6. The molecule has 0 saturated carbocycles. The Balaban J connectivity index is 1.46. The Morgan fingerprint density at radius 3 is 2.35 bits per heavy atom. The molecule has 2 aromatic heterocycles. The zero-order valence-corrected chi connectivity index (χ0v) is 16.9. The van der Waals surface area contributed by atoms with Gasteiger partial charge in [-0.1, -0.05) is 54.2 Å². The van der Waals surface area contributed by atoms with Crippen molar-refractivity contribution in [3.05, 3.63) is 100.0 Å². The highest BCUT2D eigenvalue weighted by atomic mass is 32.2. The van der Waals surface area contributed by atoms with Crippen molar-refractivity contribution < 1.29 is 17.6 Å². The fourth-order valence-corrected chi connectivity index (χ4v) is 3.64. The van der Waals surface area contributed by atoms with Crippen LogP contribution in [0.5, 0.6) is 0 Å². The van der Waals surface area contributed by atoms with Gasteiger partial charge in [0, 0.05) is 11.9 Å². The quantitative estimate of drug-likeness (QED) is 0.381. The van der Waals surface area contributed by atoms with Crippen LogP contribution in [0.1, 0.15) is 16.7 Å². The molecular weight excluding hydrogens is 427 g/mol. The van der Waals surface area contributed by atoms with Crippen LogP contribution in [0.25, 0.3) is 11.5 Å². The maximum absolute atomic E-state index is 12.8. The highest BCUT2D eigenvalue weighted by Crippen LogP contribution is 2.30. The van der Waals surface area contributed by atoms with E-state index < -0.39 is 11.7 Å². The van der Waals surface area contributed by atoms with Gasteiger partial charge in [-0.05, 0) is 35.4 Å². The molecule has 0 aliphatic rings. The number of nitrogens with zero attached hydrogens (tertiary/aromatic N) is 3. The number of hydrogen-bond acceptors (Lipinski definition) is 5. The molecule has 0 atom stereocenters. The second kappa shape index (κ2) is 8.81. The van der Waals surface area contributed by atoms with E-state index in [0.717, 1.165) is 17.7 Å². The van der Waals surface area contributed by atoms with E-state index in [1.54, 1.807) is 22.9 Å². The average Bonchev–Trinajstić information content (AvgIpc) is 3.23. The number of alkyl halides is 3. The predicted octanol–water partition coefficient (Wildman–Crippen LogP) is 5.26. The highest BCUT2D eigenvalue weighted by Gasteiger charge is 2.29. The lowest BCUT2D eigenvalue weighted by molar-refractivity contribution is -0.137. The molecule has 0 N–H and O–H groups in total. The molecule has 158 valence electrons. The van der Waals surface area contributed by atoms with E-state index in [9.17, 15) is 18.0 Å². The average molecular weight is 443 g/mol. The summed E-state index contributed by atoms with van der Waals surface area (Å²) in [6, 6.07) is 17.8. The maximum atomic E-state index is 12.8. The minimum Gasteiger partial charge on any atom is -0.411 e. The number of aromatic nitrogens is 3. The molecule has 2 heterocycles. The number of hydrogen-bond donors (Lipinski definition) is 0. The van der Waals surface area contributed by atoms with Crippen molar-refractivity contribution in [3.8, 4) is 11.5 Å². The standard InChI is InChI=1S/C22H16F3N3O2S/c23-22(24,25)17-10-8-16(9-11-17)14-31-21-27-26-19(30-21)18-7-4-12-28(20(18)29)13-15-5-2-1-3-6-15/h1-12H,13-14H2. The molecule has 0 amide bonds. The Morgan fingerprint density at radius 2 is 1.65 bits per heavy atom. The van der Waals surface area contributed by atoms with Crippen LogP contribution in [0.3, 0.4) is 0 Å². The van der Waals surface area contributed by atoms with E-state index >= 15 is 0 Å². The summed E-state index contributed by atoms with van der Waals surface area (Å²) in [5.41, 5.74) is 1.00. The smallest absolute Gasteiger partial charge is 0.411 e. The molecule has 4 rings (SSSR count). The van der Waals surface area contributed by atoms with Crippen molar-refractivity contribution in [1.29, 1.82) is 0 Å². The number of pyridine rings is 1. The van der Waals surface area contributed by atoms with E-state index in [4.69, 9.17) is 4.42 Å². The lowest BCUT2D eigenvalue weighted by atomic mass is 10.1. The molecule has 9 heteroatoms. The molecule has 2 aromatic carbocycles. The van der Waals surface area contributed by atoms with Gasteiger partial charge in [0.05, 0.1) is 12.1 Å². The van der Waals surface area contributed by atoms with Crippen molar-refractivity contribution in [1.82, 2.24) is 14.8 Å². The van der Waals surface area contributed by atoms with Gasteiger partial charge in [-0.25, -0.2) is 0 Å². The minimum atomic E-state index is -4.36. The van der Waals surface area contributed by atoms with Crippen molar-refractivity contribution in [2.75, 3.05) is 0 Å². The molecule has 0 bridgehead atoms. The van der Waals surface area contributed by atoms with Gasteiger partial charge < -0.3 is 8.98 Å². The fraction of sp³-hybridized carbons (Fsp3) is 0.136. The summed E-state index contributed by atoms with van der Waals surface area (Å²) in [7, 11) is 0. The lowest BCUT2D eigenvalue weighted by Gasteiger charge is -2.07. The van der Waals surface area contributed by atoms with Gasteiger partial charge in [0.2, 0.25) is 0 Å². The van der Waals surface area contributed by atoms with E-state index in [0.29, 0.717) is 17.9 Å². The summed E-state index contributed by atoms with van der Waals surface area (Å²) in [4.78, 5) is 12.8. The van der Waals surface area contributed by atoms with E-state index in [2.05, 4.69) is 10.2 Å². The van der Waals surface area contributed by atoms with Gasteiger partial charge in [0.15, 0.2) is 0 Å². The molecule has 0 fully saturated rings. The summed E-state index contributed by atoms with van der Waals surface area (Å²) < 4.78 is 45.1. The number of rotatable bonds is 6. The third kappa shape index (κ3) is 5.05. The largest absolute Gasteiger partial charge is 0.416 e. The monoisotopic (exact) mass is 443 g/mol. The third-order valence-corrected chi connectivity index (χ3v) is 5.39.